The molecule has 0 fully saturated rings. The fourth-order valence-corrected chi connectivity index (χ4v) is 1.48. The van der Waals surface area contributed by atoms with Crippen LogP contribution in [0.15, 0.2) is 24.3 Å². The fraction of sp³-hybridized carbons (Fsp3) is 0.429. The van der Waals surface area contributed by atoms with Crippen molar-refractivity contribution in [1.29, 1.82) is 0 Å². The second-order valence-corrected chi connectivity index (χ2v) is 6.01. The number of hydrogen-bond donors (Lipinski definition) is 2. The fourth-order valence-electron chi connectivity index (χ4n) is 1.43. The quantitative estimate of drug-likeness (QED) is 0.838. The SMILES string of the molecule is C[C@H](Cl)C(=O)Nc1ccccc1C(=O)NC(C)(C)C. The van der Waals surface area contributed by atoms with Crippen LogP contribution < -0.4 is 10.6 Å². The first-order chi connectivity index (χ1) is 8.70. The van der Waals surface area contributed by atoms with Gasteiger partial charge in [-0.15, -0.1) is 11.6 Å². The highest BCUT2D eigenvalue weighted by atomic mass is 35.5. The van der Waals surface area contributed by atoms with Crippen molar-refractivity contribution in [3.63, 3.8) is 0 Å². The van der Waals surface area contributed by atoms with Gasteiger partial charge in [-0.1, -0.05) is 12.1 Å². The summed E-state index contributed by atoms with van der Waals surface area (Å²) in [6, 6.07) is 6.84. The molecule has 1 aromatic carbocycles. The second kappa shape index (κ2) is 6.06. The minimum absolute atomic E-state index is 0.231. The smallest absolute Gasteiger partial charge is 0.253 e. The maximum absolute atomic E-state index is 12.1. The van der Waals surface area contributed by atoms with Crippen molar-refractivity contribution in [2.45, 2.75) is 38.6 Å². The lowest BCUT2D eigenvalue weighted by atomic mass is 10.1. The Morgan fingerprint density at radius 1 is 1.21 bits per heavy atom. The summed E-state index contributed by atoms with van der Waals surface area (Å²) in [5.74, 6) is -0.566. The molecular weight excluding hydrogens is 264 g/mol. The van der Waals surface area contributed by atoms with E-state index in [0.717, 1.165) is 0 Å². The molecule has 0 aliphatic carbocycles. The average molecular weight is 283 g/mol. The Balaban J connectivity index is 2.96. The number of carbonyl (C=O) groups excluding carboxylic acids is 2. The predicted octanol–water partition coefficient (Wildman–Crippen LogP) is 2.78. The predicted molar refractivity (Wildman–Crippen MR) is 77.6 cm³/mol. The van der Waals surface area contributed by atoms with E-state index in [9.17, 15) is 9.59 Å². The molecule has 0 saturated carbocycles. The van der Waals surface area contributed by atoms with E-state index in [-0.39, 0.29) is 17.4 Å². The Kier molecular flexibility index (Phi) is 4.95. The van der Waals surface area contributed by atoms with Gasteiger partial charge in [0.25, 0.3) is 5.91 Å². The van der Waals surface area contributed by atoms with Gasteiger partial charge in [0.1, 0.15) is 5.38 Å². The van der Waals surface area contributed by atoms with Crippen molar-refractivity contribution in [2.75, 3.05) is 5.32 Å². The van der Waals surface area contributed by atoms with Crippen LogP contribution in [-0.4, -0.2) is 22.7 Å². The van der Waals surface area contributed by atoms with Gasteiger partial charge in [0, 0.05) is 5.54 Å². The summed E-state index contributed by atoms with van der Waals surface area (Å²) in [4.78, 5) is 23.7. The molecule has 0 radical (unpaired) electrons. The topological polar surface area (TPSA) is 58.2 Å². The van der Waals surface area contributed by atoms with Gasteiger partial charge in [0.15, 0.2) is 0 Å². The van der Waals surface area contributed by atoms with E-state index in [1.165, 1.54) is 0 Å². The third-order valence-electron chi connectivity index (χ3n) is 2.28. The number of alkyl halides is 1. The highest BCUT2D eigenvalue weighted by Gasteiger charge is 2.19. The van der Waals surface area contributed by atoms with E-state index in [4.69, 9.17) is 11.6 Å². The lowest BCUT2D eigenvalue weighted by Crippen LogP contribution is -2.41. The van der Waals surface area contributed by atoms with E-state index in [1.54, 1.807) is 31.2 Å². The number of benzene rings is 1. The molecule has 5 heteroatoms. The summed E-state index contributed by atoms with van der Waals surface area (Å²) in [6.45, 7) is 7.27. The van der Waals surface area contributed by atoms with Crippen LogP contribution in [0.2, 0.25) is 0 Å². The molecule has 0 aliphatic heterocycles. The summed E-state index contributed by atoms with van der Waals surface area (Å²) in [5.41, 5.74) is 0.540. The number of rotatable bonds is 3. The first kappa shape index (κ1) is 15.5. The van der Waals surface area contributed by atoms with E-state index in [2.05, 4.69) is 10.6 Å². The molecule has 1 atom stereocenters. The first-order valence-corrected chi connectivity index (χ1v) is 6.51. The number of anilines is 1. The van der Waals surface area contributed by atoms with Gasteiger partial charge in [0.05, 0.1) is 11.3 Å². The van der Waals surface area contributed by atoms with Crippen molar-refractivity contribution in [3.8, 4) is 0 Å². The molecule has 1 rings (SSSR count). The number of halogens is 1. The van der Waals surface area contributed by atoms with Crippen molar-refractivity contribution in [1.82, 2.24) is 5.32 Å². The molecule has 0 saturated heterocycles. The Bertz CT molecular complexity index is 479. The van der Waals surface area contributed by atoms with Gasteiger partial charge in [-0.2, -0.15) is 0 Å². The van der Waals surface area contributed by atoms with Gasteiger partial charge in [-0.05, 0) is 39.8 Å². The molecule has 0 aliphatic rings. The van der Waals surface area contributed by atoms with Crippen LogP contribution >= 0.6 is 11.6 Å². The summed E-state index contributed by atoms with van der Waals surface area (Å²) >= 11 is 5.70. The third-order valence-corrected chi connectivity index (χ3v) is 2.48. The van der Waals surface area contributed by atoms with E-state index in [1.807, 2.05) is 20.8 Å². The Labute approximate surface area is 118 Å². The molecule has 0 bridgehead atoms. The van der Waals surface area contributed by atoms with Crippen molar-refractivity contribution in [2.24, 2.45) is 0 Å². The molecule has 19 heavy (non-hydrogen) atoms. The monoisotopic (exact) mass is 282 g/mol. The maximum Gasteiger partial charge on any atom is 0.253 e. The molecule has 2 amide bonds. The van der Waals surface area contributed by atoms with Crippen LogP contribution in [0.1, 0.15) is 38.1 Å². The normalized spacial score (nSPS) is 12.7. The molecule has 4 nitrogen and oxygen atoms in total. The third kappa shape index (κ3) is 4.91. The molecule has 104 valence electrons. The van der Waals surface area contributed by atoms with Crippen LogP contribution in [-0.2, 0) is 4.79 Å². The Hall–Kier alpha value is -1.55. The summed E-state index contributed by atoms with van der Waals surface area (Å²) in [6.07, 6.45) is 0. The first-order valence-electron chi connectivity index (χ1n) is 6.07. The maximum atomic E-state index is 12.1. The van der Waals surface area contributed by atoms with Crippen molar-refractivity contribution >= 4 is 29.1 Å². The minimum atomic E-state index is -0.654. The van der Waals surface area contributed by atoms with Crippen LogP contribution in [0.4, 0.5) is 5.69 Å². The zero-order valence-electron chi connectivity index (χ0n) is 11.6. The lowest BCUT2D eigenvalue weighted by Gasteiger charge is -2.21. The molecule has 0 unspecified atom stereocenters. The Morgan fingerprint density at radius 3 is 2.32 bits per heavy atom. The summed E-state index contributed by atoms with van der Waals surface area (Å²) in [7, 11) is 0. The molecule has 0 heterocycles. The van der Waals surface area contributed by atoms with Gasteiger partial charge in [-0.25, -0.2) is 0 Å². The van der Waals surface area contributed by atoms with Gasteiger partial charge < -0.3 is 10.6 Å². The lowest BCUT2D eigenvalue weighted by molar-refractivity contribution is -0.115. The van der Waals surface area contributed by atoms with Crippen LogP contribution in [0.25, 0.3) is 0 Å². The average Bonchev–Trinajstić information content (AvgIpc) is 2.27. The number of amides is 2. The van der Waals surface area contributed by atoms with Crippen molar-refractivity contribution < 1.29 is 9.59 Å². The number of hydrogen-bond acceptors (Lipinski definition) is 2. The molecular formula is C14H19ClN2O2. The van der Waals surface area contributed by atoms with Gasteiger partial charge in [0.2, 0.25) is 5.91 Å². The number of nitrogens with one attached hydrogen (secondary N) is 2. The van der Waals surface area contributed by atoms with E-state index >= 15 is 0 Å². The summed E-state index contributed by atoms with van der Waals surface area (Å²) in [5, 5.41) is 4.85. The largest absolute Gasteiger partial charge is 0.347 e. The standard InChI is InChI=1S/C14H19ClN2O2/c1-9(15)12(18)16-11-8-6-5-7-10(11)13(19)17-14(2,3)4/h5-9H,1-4H3,(H,16,18)(H,17,19)/t9-/m0/s1. The highest BCUT2D eigenvalue weighted by Crippen LogP contribution is 2.17. The zero-order valence-corrected chi connectivity index (χ0v) is 12.3. The Morgan fingerprint density at radius 2 is 1.79 bits per heavy atom. The summed E-state index contributed by atoms with van der Waals surface area (Å²) < 4.78 is 0. The van der Waals surface area contributed by atoms with Crippen LogP contribution in [0.5, 0.6) is 0 Å². The highest BCUT2D eigenvalue weighted by molar-refractivity contribution is 6.32. The molecule has 0 aromatic heterocycles. The molecule has 2 N–H and O–H groups in total. The van der Waals surface area contributed by atoms with Gasteiger partial charge in [-0.3, -0.25) is 9.59 Å². The molecule has 0 spiro atoms. The minimum Gasteiger partial charge on any atom is -0.347 e. The number of carbonyl (C=O) groups is 2. The van der Waals surface area contributed by atoms with E-state index in [0.29, 0.717) is 11.3 Å². The number of para-hydroxylation sites is 1. The van der Waals surface area contributed by atoms with Gasteiger partial charge >= 0.3 is 0 Å². The van der Waals surface area contributed by atoms with E-state index < -0.39 is 5.38 Å². The van der Waals surface area contributed by atoms with Crippen molar-refractivity contribution in [3.05, 3.63) is 29.8 Å². The zero-order chi connectivity index (χ0) is 14.6. The van der Waals surface area contributed by atoms with Crippen LogP contribution in [0.3, 0.4) is 0 Å². The van der Waals surface area contributed by atoms with Crippen LogP contribution in [0, 0.1) is 0 Å². The molecule has 1 aromatic rings. The second-order valence-electron chi connectivity index (χ2n) is 5.35.